The molecule has 0 saturated heterocycles. The van der Waals surface area contributed by atoms with E-state index in [1.165, 1.54) is 0 Å². The minimum atomic E-state index is -0.335. The van der Waals surface area contributed by atoms with Crippen LogP contribution in [0.15, 0.2) is 36.8 Å². The Morgan fingerprint density at radius 2 is 2.22 bits per heavy atom. The highest BCUT2D eigenvalue weighted by atomic mass is 35.5. The van der Waals surface area contributed by atoms with Crippen molar-refractivity contribution in [3.05, 3.63) is 47.5 Å². The predicted octanol–water partition coefficient (Wildman–Crippen LogP) is 2.60. The average molecular weight is 335 g/mol. The second-order valence-electron chi connectivity index (χ2n) is 5.13. The Hall–Kier alpha value is -2.18. The summed E-state index contributed by atoms with van der Waals surface area (Å²) in [6.07, 6.45) is 4.94. The Morgan fingerprint density at radius 3 is 2.83 bits per heavy atom. The van der Waals surface area contributed by atoms with Crippen molar-refractivity contribution in [1.82, 2.24) is 14.9 Å². The molecule has 6 nitrogen and oxygen atoms in total. The third-order valence-corrected chi connectivity index (χ3v) is 3.78. The summed E-state index contributed by atoms with van der Waals surface area (Å²) >= 11 is 6.06. The lowest BCUT2D eigenvalue weighted by Crippen LogP contribution is -2.39. The fraction of sp³-hybridized carbons (Fsp3) is 0.312. The molecule has 0 radical (unpaired) electrons. The van der Waals surface area contributed by atoms with E-state index in [-0.39, 0.29) is 11.9 Å². The quantitative estimate of drug-likeness (QED) is 0.879. The van der Waals surface area contributed by atoms with Crippen LogP contribution >= 0.6 is 11.6 Å². The zero-order chi connectivity index (χ0) is 16.8. The summed E-state index contributed by atoms with van der Waals surface area (Å²) in [5, 5.41) is 3.29. The van der Waals surface area contributed by atoms with Crippen molar-refractivity contribution in [2.24, 2.45) is 0 Å². The summed E-state index contributed by atoms with van der Waals surface area (Å²) in [7, 11) is 3.41. The largest absolute Gasteiger partial charge is 0.495 e. The maximum absolute atomic E-state index is 12.3. The number of carbonyl (C=O) groups excluding carboxylic acids is 1. The number of amides is 1. The first-order chi connectivity index (χ1) is 11.0. The number of carbonyl (C=O) groups is 1. The van der Waals surface area contributed by atoms with E-state index >= 15 is 0 Å². The number of benzene rings is 1. The van der Waals surface area contributed by atoms with Gasteiger partial charge in [0.25, 0.3) is 0 Å². The second kappa shape index (κ2) is 7.89. The van der Waals surface area contributed by atoms with Crippen LogP contribution in [0.3, 0.4) is 0 Å². The van der Waals surface area contributed by atoms with Gasteiger partial charge in [-0.25, -0.2) is 0 Å². The van der Waals surface area contributed by atoms with E-state index in [1.807, 2.05) is 18.9 Å². The molecule has 1 N–H and O–H groups in total. The summed E-state index contributed by atoms with van der Waals surface area (Å²) in [5.41, 5.74) is 1.43. The molecule has 1 amide bonds. The number of hydrogen-bond donors (Lipinski definition) is 1. The van der Waals surface area contributed by atoms with Crippen LogP contribution in [-0.4, -0.2) is 41.0 Å². The molecular formula is C16H19ClN4O2. The number of halogens is 1. The molecule has 1 aromatic heterocycles. The first-order valence-corrected chi connectivity index (χ1v) is 7.48. The van der Waals surface area contributed by atoms with Crippen LogP contribution in [0, 0.1) is 0 Å². The molecule has 0 saturated carbocycles. The zero-order valence-electron chi connectivity index (χ0n) is 13.3. The van der Waals surface area contributed by atoms with Crippen LogP contribution in [0.4, 0.5) is 5.69 Å². The first kappa shape index (κ1) is 17.2. The van der Waals surface area contributed by atoms with Gasteiger partial charge in [-0.3, -0.25) is 19.7 Å². The maximum Gasteiger partial charge on any atom is 0.241 e. The van der Waals surface area contributed by atoms with Gasteiger partial charge in [0.05, 0.1) is 23.9 Å². The van der Waals surface area contributed by atoms with Gasteiger partial charge in [0, 0.05) is 30.8 Å². The zero-order valence-corrected chi connectivity index (χ0v) is 14.0. The number of rotatable bonds is 6. The summed E-state index contributed by atoms with van der Waals surface area (Å²) in [5.74, 6) is 0.440. The van der Waals surface area contributed by atoms with Crippen LogP contribution in [0.1, 0.15) is 12.6 Å². The van der Waals surface area contributed by atoms with Gasteiger partial charge in [-0.1, -0.05) is 11.6 Å². The Balaban J connectivity index is 1.98. The number of ether oxygens (including phenoxy) is 1. The Bertz CT molecular complexity index is 666. The van der Waals surface area contributed by atoms with Crippen molar-refractivity contribution in [1.29, 1.82) is 0 Å². The Labute approximate surface area is 140 Å². The van der Waals surface area contributed by atoms with Crippen LogP contribution in [0.5, 0.6) is 5.75 Å². The summed E-state index contributed by atoms with van der Waals surface area (Å²) < 4.78 is 5.09. The molecule has 2 rings (SSSR count). The van der Waals surface area contributed by atoms with E-state index in [9.17, 15) is 4.79 Å². The van der Waals surface area contributed by atoms with Crippen LogP contribution in [0.25, 0.3) is 0 Å². The van der Waals surface area contributed by atoms with Gasteiger partial charge < -0.3 is 10.1 Å². The topological polar surface area (TPSA) is 67.3 Å². The van der Waals surface area contributed by atoms with Gasteiger partial charge in [-0.2, -0.15) is 0 Å². The lowest BCUT2D eigenvalue weighted by Gasteiger charge is -2.23. The minimum Gasteiger partial charge on any atom is -0.495 e. The summed E-state index contributed by atoms with van der Waals surface area (Å²) in [4.78, 5) is 22.5. The third kappa shape index (κ3) is 4.64. The molecule has 0 unspecified atom stereocenters. The lowest BCUT2D eigenvalue weighted by atomic mass is 10.2. The molecule has 122 valence electrons. The van der Waals surface area contributed by atoms with Gasteiger partial charge in [-0.15, -0.1) is 0 Å². The van der Waals surface area contributed by atoms with Gasteiger partial charge >= 0.3 is 0 Å². The fourth-order valence-electron chi connectivity index (χ4n) is 2.00. The van der Waals surface area contributed by atoms with Crippen molar-refractivity contribution in [2.45, 2.75) is 19.5 Å². The smallest absolute Gasteiger partial charge is 0.241 e. The number of methoxy groups -OCH3 is 1. The van der Waals surface area contributed by atoms with E-state index < -0.39 is 0 Å². The van der Waals surface area contributed by atoms with Crippen molar-refractivity contribution in [3.63, 3.8) is 0 Å². The van der Waals surface area contributed by atoms with E-state index in [1.54, 1.807) is 43.9 Å². The molecule has 2 aromatic rings. The molecule has 1 aromatic carbocycles. The van der Waals surface area contributed by atoms with Gasteiger partial charge in [0.1, 0.15) is 5.75 Å². The molecule has 0 aliphatic carbocycles. The maximum atomic E-state index is 12.3. The third-order valence-electron chi connectivity index (χ3n) is 3.49. The highest BCUT2D eigenvalue weighted by Gasteiger charge is 2.19. The van der Waals surface area contributed by atoms with E-state index in [0.717, 1.165) is 5.69 Å². The van der Waals surface area contributed by atoms with Crippen molar-refractivity contribution >= 4 is 23.2 Å². The fourth-order valence-corrected chi connectivity index (χ4v) is 2.25. The van der Waals surface area contributed by atoms with Crippen LogP contribution in [0.2, 0.25) is 5.02 Å². The molecular weight excluding hydrogens is 316 g/mol. The highest BCUT2D eigenvalue weighted by molar-refractivity contribution is 6.32. The Kier molecular flexibility index (Phi) is 5.90. The number of nitrogens with zero attached hydrogens (tertiary/aromatic N) is 3. The number of nitrogens with one attached hydrogen (secondary N) is 1. The molecule has 0 aliphatic heterocycles. The standard InChI is InChI=1S/C16H19ClN4O2/c1-11(21(2)10-13-9-18-6-7-19-13)16(22)20-12-4-5-15(23-3)14(17)8-12/h4-9,11H,10H2,1-3H3,(H,20,22)/t11-/m0/s1. The number of hydrogen-bond acceptors (Lipinski definition) is 5. The predicted molar refractivity (Wildman–Crippen MR) is 89.6 cm³/mol. The van der Waals surface area contributed by atoms with Gasteiger partial charge in [-0.05, 0) is 32.2 Å². The van der Waals surface area contributed by atoms with Gasteiger partial charge in [0.15, 0.2) is 0 Å². The monoisotopic (exact) mass is 334 g/mol. The molecule has 1 heterocycles. The molecule has 0 bridgehead atoms. The molecule has 0 fully saturated rings. The van der Waals surface area contributed by atoms with Crippen LogP contribution in [-0.2, 0) is 11.3 Å². The number of aromatic nitrogens is 2. The highest BCUT2D eigenvalue weighted by Crippen LogP contribution is 2.27. The number of anilines is 1. The molecule has 1 atom stereocenters. The first-order valence-electron chi connectivity index (χ1n) is 7.10. The van der Waals surface area contributed by atoms with E-state index in [4.69, 9.17) is 16.3 Å². The Morgan fingerprint density at radius 1 is 1.43 bits per heavy atom. The molecule has 0 spiro atoms. The normalized spacial score (nSPS) is 12.0. The summed E-state index contributed by atoms with van der Waals surface area (Å²) in [6, 6.07) is 4.79. The molecule has 23 heavy (non-hydrogen) atoms. The minimum absolute atomic E-state index is 0.127. The van der Waals surface area contributed by atoms with Crippen LogP contribution < -0.4 is 10.1 Å². The van der Waals surface area contributed by atoms with Crippen molar-refractivity contribution in [3.8, 4) is 5.75 Å². The molecule has 7 heteroatoms. The molecule has 0 aliphatic rings. The van der Waals surface area contributed by atoms with E-state index in [0.29, 0.717) is 23.0 Å². The SMILES string of the molecule is COc1ccc(NC(=O)[C@H](C)N(C)Cc2cnccn2)cc1Cl. The van der Waals surface area contributed by atoms with Gasteiger partial charge in [0.2, 0.25) is 5.91 Å². The second-order valence-corrected chi connectivity index (χ2v) is 5.53. The van der Waals surface area contributed by atoms with E-state index in [2.05, 4.69) is 15.3 Å². The number of likely N-dealkylation sites (N-methyl/N-ethyl adjacent to an activating group) is 1. The average Bonchev–Trinajstić information content (AvgIpc) is 2.55. The lowest BCUT2D eigenvalue weighted by molar-refractivity contribution is -0.120. The van der Waals surface area contributed by atoms with Crippen molar-refractivity contribution < 1.29 is 9.53 Å². The van der Waals surface area contributed by atoms with Crippen molar-refractivity contribution in [2.75, 3.05) is 19.5 Å². The summed E-state index contributed by atoms with van der Waals surface area (Å²) in [6.45, 7) is 2.36.